The van der Waals surface area contributed by atoms with E-state index >= 15 is 0 Å². The zero-order valence-electron chi connectivity index (χ0n) is 40.5. The summed E-state index contributed by atoms with van der Waals surface area (Å²) in [5, 5.41) is 0. The molecule has 6 nitrogen and oxygen atoms in total. The molecule has 0 aromatic rings. The van der Waals surface area contributed by atoms with Gasteiger partial charge in [-0.25, -0.2) is 0 Å². The molecule has 0 fully saturated rings. The summed E-state index contributed by atoms with van der Waals surface area (Å²) in [7, 11) is 0. The minimum atomic E-state index is -0.767. The highest BCUT2D eigenvalue weighted by Crippen LogP contribution is 2.17. The van der Waals surface area contributed by atoms with Gasteiger partial charge in [0.2, 0.25) is 0 Å². The first kappa shape index (κ1) is 58.1. The van der Waals surface area contributed by atoms with Crippen LogP contribution in [-0.4, -0.2) is 37.2 Å². The molecule has 60 heavy (non-hydrogen) atoms. The maximum Gasteiger partial charge on any atom is 0.306 e. The summed E-state index contributed by atoms with van der Waals surface area (Å²) in [4.78, 5) is 37.9. The molecule has 0 saturated carbocycles. The van der Waals surface area contributed by atoms with Crippen molar-refractivity contribution >= 4 is 17.9 Å². The van der Waals surface area contributed by atoms with Crippen LogP contribution in [0.2, 0.25) is 0 Å². The molecule has 6 heteroatoms. The monoisotopic (exact) mass is 847 g/mol. The Balaban J connectivity index is 4.26. The van der Waals surface area contributed by atoms with Crippen LogP contribution in [0.1, 0.15) is 297 Å². The molecule has 0 spiro atoms. The number of hydrogen-bond acceptors (Lipinski definition) is 6. The van der Waals surface area contributed by atoms with Crippen LogP contribution in [0.3, 0.4) is 0 Å². The van der Waals surface area contributed by atoms with Gasteiger partial charge in [-0.15, -0.1) is 0 Å². The minimum absolute atomic E-state index is 0.0680. The normalized spacial score (nSPS) is 12.0. The molecule has 0 heterocycles. The number of esters is 3. The first-order chi connectivity index (χ1) is 29.5. The second-order valence-corrected chi connectivity index (χ2v) is 18.2. The van der Waals surface area contributed by atoms with Crippen LogP contribution in [0, 0.1) is 0 Å². The van der Waals surface area contributed by atoms with Crippen molar-refractivity contribution in [2.75, 3.05) is 13.2 Å². The van der Waals surface area contributed by atoms with Crippen molar-refractivity contribution in [3.63, 3.8) is 0 Å². The number of ether oxygens (including phenoxy) is 3. The van der Waals surface area contributed by atoms with Crippen LogP contribution >= 0.6 is 0 Å². The lowest BCUT2D eigenvalue weighted by molar-refractivity contribution is -0.167. The number of hydrogen-bond donors (Lipinski definition) is 0. The Bertz CT molecular complexity index is 931. The number of carbonyl (C=O) groups is 3. The Hall–Kier alpha value is -1.85. The summed E-state index contributed by atoms with van der Waals surface area (Å²) < 4.78 is 16.8. The molecule has 0 radical (unpaired) electrons. The van der Waals surface area contributed by atoms with Crippen molar-refractivity contribution in [3.8, 4) is 0 Å². The smallest absolute Gasteiger partial charge is 0.306 e. The van der Waals surface area contributed by atoms with Crippen LogP contribution in [0.4, 0.5) is 0 Å². The molecule has 354 valence electrons. The van der Waals surface area contributed by atoms with Gasteiger partial charge in [0, 0.05) is 19.3 Å². The van der Waals surface area contributed by atoms with E-state index in [-0.39, 0.29) is 31.1 Å². The molecule has 0 amide bonds. The molecule has 0 N–H and O–H groups in total. The van der Waals surface area contributed by atoms with Gasteiger partial charge in [0.15, 0.2) is 6.10 Å². The van der Waals surface area contributed by atoms with Gasteiger partial charge in [-0.05, 0) is 38.5 Å². The van der Waals surface area contributed by atoms with Crippen molar-refractivity contribution in [2.45, 2.75) is 303 Å². The molecule has 0 aromatic heterocycles. The van der Waals surface area contributed by atoms with Crippen molar-refractivity contribution in [1.82, 2.24) is 0 Å². The third kappa shape index (κ3) is 47.2. The third-order valence-electron chi connectivity index (χ3n) is 12.0. The standard InChI is InChI=1S/C54H102O6/c1-4-7-10-13-16-19-22-24-26-27-28-29-31-32-35-38-41-44-47-53(56)59-50-51(49-58-52(55)46-43-40-37-34-21-18-15-12-9-6-3)60-54(57)48-45-42-39-36-33-30-25-23-20-17-14-11-8-5-2/h15,18,51H,4-14,16-17,19-50H2,1-3H3/b18-15-. The van der Waals surface area contributed by atoms with E-state index in [0.717, 1.165) is 77.0 Å². The zero-order valence-corrected chi connectivity index (χ0v) is 40.5. The summed E-state index contributed by atoms with van der Waals surface area (Å²) in [6.45, 7) is 6.63. The predicted octanol–water partition coefficient (Wildman–Crippen LogP) is 17.4. The summed E-state index contributed by atoms with van der Waals surface area (Å²) in [6, 6.07) is 0. The number of carbonyl (C=O) groups excluding carboxylic acids is 3. The lowest BCUT2D eigenvalue weighted by atomic mass is 10.0. The van der Waals surface area contributed by atoms with E-state index in [4.69, 9.17) is 14.2 Å². The van der Waals surface area contributed by atoms with E-state index in [2.05, 4.69) is 32.9 Å². The highest BCUT2D eigenvalue weighted by atomic mass is 16.6. The third-order valence-corrected chi connectivity index (χ3v) is 12.0. The Morgan fingerprint density at radius 1 is 0.317 bits per heavy atom. The van der Waals surface area contributed by atoms with Crippen LogP contribution in [0.15, 0.2) is 12.2 Å². The lowest BCUT2D eigenvalue weighted by Crippen LogP contribution is -2.30. The topological polar surface area (TPSA) is 78.9 Å². The van der Waals surface area contributed by atoms with Gasteiger partial charge in [0.05, 0.1) is 0 Å². The lowest BCUT2D eigenvalue weighted by Gasteiger charge is -2.18. The molecule has 0 aliphatic carbocycles. The summed E-state index contributed by atoms with van der Waals surface area (Å²) in [5.74, 6) is -0.864. The first-order valence-corrected chi connectivity index (χ1v) is 26.7. The van der Waals surface area contributed by atoms with Gasteiger partial charge >= 0.3 is 17.9 Å². The summed E-state index contributed by atoms with van der Waals surface area (Å²) in [5.41, 5.74) is 0. The van der Waals surface area contributed by atoms with E-state index in [0.29, 0.717) is 19.3 Å². The minimum Gasteiger partial charge on any atom is -0.462 e. The van der Waals surface area contributed by atoms with Crippen LogP contribution in [0.25, 0.3) is 0 Å². The fourth-order valence-electron chi connectivity index (χ4n) is 7.95. The van der Waals surface area contributed by atoms with E-state index in [1.807, 2.05) is 0 Å². The number of unbranched alkanes of at least 4 members (excludes halogenated alkanes) is 36. The summed E-state index contributed by atoms with van der Waals surface area (Å²) in [6.07, 6.45) is 54.9. The predicted molar refractivity (Wildman–Crippen MR) is 256 cm³/mol. The fraction of sp³-hybridized carbons (Fsp3) is 0.907. The maximum absolute atomic E-state index is 12.8. The molecule has 1 atom stereocenters. The Kier molecular flexibility index (Phi) is 48.3. The average Bonchev–Trinajstić information content (AvgIpc) is 3.24. The largest absolute Gasteiger partial charge is 0.462 e. The van der Waals surface area contributed by atoms with E-state index in [1.165, 1.54) is 180 Å². The van der Waals surface area contributed by atoms with Gasteiger partial charge in [-0.3, -0.25) is 14.4 Å². The van der Waals surface area contributed by atoms with Gasteiger partial charge in [0.1, 0.15) is 13.2 Å². The summed E-state index contributed by atoms with van der Waals surface area (Å²) >= 11 is 0. The second-order valence-electron chi connectivity index (χ2n) is 18.2. The Morgan fingerprint density at radius 3 is 0.883 bits per heavy atom. The maximum atomic E-state index is 12.8. The van der Waals surface area contributed by atoms with Crippen molar-refractivity contribution < 1.29 is 28.6 Å². The van der Waals surface area contributed by atoms with Crippen LogP contribution in [0.5, 0.6) is 0 Å². The van der Waals surface area contributed by atoms with Crippen molar-refractivity contribution in [1.29, 1.82) is 0 Å². The Morgan fingerprint density at radius 2 is 0.567 bits per heavy atom. The average molecular weight is 847 g/mol. The SMILES string of the molecule is CCCC/C=C\CCCCCCC(=O)OCC(COC(=O)CCCCCCCCCCCCCCCCCCCC)OC(=O)CCCCCCCCCCCCCCCC. The van der Waals surface area contributed by atoms with Gasteiger partial charge in [0.25, 0.3) is 0 Å². The van der Waals surface area contributed by atoms with Gasteiger partial charge < -0.3 is 14.2 Å². The highest BCUT2D eigenvalue weighted by molar-refractivity contribution is 5.71. The molecule has 0 aliphatic rings. The molecule has 0 aliphatic heterocycles. The van der Waals surface area contributed by atoms with Crippen LogP contribution < -0.4 is 0 Å². The van der Waals surface area contributed by atoms with Gasteiger partial charge in [-0.2, -0.15) is 0 Å². The quantitative estimate of drug-likeness (QED) is 0.0263. The zero-order chi connectivity index (χ0) is 43.7. The van der Waals surface area contributed by atoms with E-state index < -0.39 is 6.10 Å². The number of allylic oxidation sites excluding steroid dienone is 2. The fourth-order valence-corrected chi connectivity index (χ4v) is 7.95. The second kappa shape index (κ2) is 49.8. The van der Waals surface area contributed by atoms with Crippen molar-refractivity contribution in [2.24, 2.45) is 0 Å². The molecular weight excluding hydrogens is 745 g/mol. The van der Waals surface area contributed by atoms with Crippen molar-refractivity contribution in [3.05, 3.63) is 12.2 Å². The molecule has 0 aromatic carbocycles. The Labute approximate surface area is 373 Å². The molecule has 0 rings (SSSR count). The molecule has 1 unspecified atom stereocenters. The molecule has 0 saturated heterocycles. The van der Waals surface area contributed by atoms with E-state index in [9.17, 15) is 14.4 Å². The van der Waals surface area contributed by atoms with E-state index in [1.54, 1.807) is 0 Å². The number of rotatable bonds is 49. The molecular formula is C54H102O6. The first-order valence-electron chi connectivity index (χ1n) is 26.7. The highest BCUT2D eigenvalue weighted by Gasteiger charge is 2.19. The van der Waals surface area contributed by atoms with Crippen LogP contribution in [-0.2, 0) is 28.6 Å². The van der Waals surface area contributed by atoms with Gasteiger partial charge in [-0.1, -0.05) is 251 Å². The molecule has 0 bridgehead atoms.